The van der Waals surface area contributed by atoms with Crippen molar-refractivity contribution in [3.05, 3.63) is 144 Å². The van der Waals surface area contributed by atoms with Crippen LogP contribution in [0.25, 0.3) is 28.1 Å². The number of halogens is 25. The average Bonchev–Trinajstić information content (AvgIpc) is 3.57. The van der Waals surface area contributed by atoms with E-state index in [1.54, 1.807) is 0 Å². The van der Waals surface area contributed by atoms with Crippen molar-refractivity contribution >= 4 is 30.3 Å². The van der Waals surface area contributed by atoms with E-state index in [1.807, 2.05) is 0 Å². The summed E-state index contributed by atoms with van der Waals surface area (Å²) in [5, 5.41) is 0. The number of benzene rings is 5. The Morgan fingerprint density at radius 3 is 1.02 bits per heavy atom. The first-order valence-corrected chi connectivity index (χ1v) is 18.7. The van der Waals surface area contributed by atoms with E-state index in [4.69, 9.17) is 0 Å². The second kappa shape index (κ2) is 13.4. The molecule has 7 rings (SSSR count). The zero-order chi connectivity index (χ0) is 45.1. The van der Waals surface area contributed by atoms with Gasteiger partial charge in [0, 0.05) is 0 Å². The molecule has 5 aromatic carbocycles. The van der Waals surface area contributed by atoms with E-state index in [-0.39, 0.29) is 0 Å². The van der Waals surface area contributed by atoms with Gasteiger partial charge in [-0.1, -0.05) is 0 Å². The SMILES string of the molecule is FC1=C(F)[C](F)([Ga]([c]2c(F)c(F)c(F)c(F)c2-c2c(F)c(F)c(F)c(F)c2F)[c]2c(F)c(F)c(F)c3c2C(F)(F)c2c(F)c(F)c(F)c(F)c2-3)c2c(F)c(F)c(F)c(F)c21. The molecule has 26 heteroatoms. The van der Waals surface area contributed by atoms with Gasteiger partial charge < -0.3 is 0 Å². The molecule has 0 fully saturated rings. The maximum atomic E-state index is 18.1. The van der Waals surface area contributed by atoms with Crippen LogP contribution in [0.3, 0.4) is 0 Å². The molecule has 0 aliphatic heterocycles. The van der Waals surface area contributed by atoms with E-state index in [2.05, 4.69) is 0 Å². The normalized spacial score (nSPS) is 16.6. The van der Waals surface area contributed by atoms with E-state index in [1.165, 1.54) is 0 Å². The zero-order valence-electron chi connectivity index (χ0n) is 27.0. The first-order valence-electron chi connectivity index (χ1n) is 15.1. The van der Waals surface area contributed by atoms with Gasteiger partial charge in [-0.15, -0.1) is 0 Å². The molecule has 0 saturated heterocycles. The number of hydrogen-bond donors (Lipinski definition) is 0. The van der Waals surface area contributed by atoms with Crippen LogP contribution in [0.1, 0.15) is 22.3 Å². The molecule has 0 N–H and O–H groups in total. The Kier molecular flexibility index (Phi) is 9.54. The zero-order valence-corrected chi connectivity index (χ0v) is 29.4. The Bertz CT molecular complexity index is 2870. The topological polar surface area (TPSA) is 0 Å². The van der Waals surface area contributed by atoms with Crippen LogP contribution in [0.4, 0.5) is 110 Å². The van der Waals surface area contributed by atoms with E-state index in [0.717, 1.165) is 0 Å². The summed E-state index contributed by atoms with van der Waals surface area (Å²) < 4.78 is 372. The van der Waals surface area contributed by atoms with Gasteiger partial charge in [0.2, 0.25) is 0 Å². The molecule has 0 nitrogen and oxygen atoms in total. The first-order chi connectivity index (χ1) is 27.6. The molecule has 0 bridgehead atoms. The Balaban J connectivity index is 1.85. The molecule has 0 amide bonds. The van der Waals surface area contributed by atoms with Crippen LogP contribution in [0.15, 0.2) is 5.83 Å². The van der Waals surface area contributed by atoms with Gasteiger partial charge in [0.1, 0.15) is 0 Å². The van der Waals surface area contributed by atoms with Crippen molar-refractivity contribution in [1.82, 2.24) is 0 Å². The fraction of sp³-hybridized carbons (Fsp3) is 0.0588. The molecule has 0 spiro atoms. The fourth-order valence-corrected chi connectivity index (χ4v) is 15.5. The van der Waals surface area contributed by atoms with Gasteiger partial charge in [0.15, 0.2) is 0 Å². The van der Waals surface area contributed by atoms with Crippen molar-refractivity contribution in [2.24, 2.45) is 0 Å². The van der Waals surface area contributed by atoms with Crippen molar-refractivity contribution < 1.29 is 110 Å². The molecule has 0 radical (unpaired) electrons. The van der Waals surface area contributed by atoms with Crippen LogP contribution in [0, 0.1) is 116 Å². The second-order valence-electron chi connectivity index (χ2n) is 12.5. The Labute approximate surface area is 316 Å². The maximum absolute atomic E-state index is 18.1. The third-order valence-electron chi connectivity index (χ3n) is 9.61. The van der Waals surface area contributed by atoms with Crippen LogP contribution in [0.5, 0.6) is 0 Å². The number of allylic oxidation sites excluding steroid dienone is 1. The second-order valence-corrected chi connectivity index (χ2v) is 18.4. The summed E-state index contributed by atoms with van der Waals surface area (Å²) in [6, 6.07) is 0. The molecule has 2 aliphatic carbocycles. The number of hydrogen-bond acceptors (Lipinski definition) is 0. The van der Waals surface area contributed by atoms with Crippen molar-refractivity contribution in [2.45, 2.75) is 10.1 Å². The Morgan fingerprint density at radius 1 is 0.250 bits per heavy atom. The summed E-state index contributed by atoms with van der Waals surface area (Å²) in [5.41, 5.74) is -24.8. The predicted molar refractivity (Wildman–Crippen MR) is 149 cm³/mol. The summed E-state index contributed by atoms with van der Waals surface area (Å²) >= 11 is -8.63. The number of rotatable bonds is 4. The Morgan fingerprint density at radius 2 is 0.550 bits per heavy atom. The van der Waals surface area contributed by atoms with E-state index in [9.17, 15) is 35.1 Å². The molecule has 60 heavy (non-hydrogen) atoms. The third-order valence-corrected chi connectivity index (χ3v) is 17.1. The molecule has 1 unspecified atom stereocenters. The van der Waals surface area contributed by atoms with Gasteiger partial charge >= 0.3 is 317 Å². The molecule has 5 aromatic rings. The minimum atomic E-state index is -8.63. The van der Waals surface area contributed by atoms with E-state index in [0.29, 0.717) is 0 Å². The minimum absolute atomic E-state index is 2.76. The van der Waals surface area contributed by atoms with Gasteiger partial charge in [-0.2, -0.15) is 0 Å². The van der Waals surface area contributed by atoms with Crippen molar-refractivity contribution in [3.8, 4) is 22.3 Å². The monoisotopic (exact) mass is 952 g/mol. The summed E-state index contributed by atoms with van der Waals surface area (Å²) in [4.78, 5) is 0. The van der Waals surface area contributed by atoms with Crippen LogP contribution in [-0.4, -0.2) is 16.2 Å². The van der Waals surface area contributed by atoms with Gasteiger partial charge in [-0.25, -0.2) is 0 Å². The molecule has 1 atom stereocenters. The molecule has 0 saturated carbocycles. The van der Waals surface area contributed by atoms with Crippen molar-refractivity contribution in [3.63, 3.8) is 0 Å². The van der Waals surface area contributed by atoms with Gasteiger partial charge in [0.25, 0.3) is 0 Å². The van der Waals surface area contributed by atoms with Crippen LogP contribution >= 0.6 is 0 Å². The van der Waals surface area contributed by atoms with Crippen LogP contribution in [0.2, 0.25) is 0 Å². The molecular formula is C34F25Ga. The van der Waals surface area contributed by atoms with Gasteiger partial charge in [-0.3, -0.25) is 0 Å². The number of fused-ring (bicyclic) bond motifs is 4. The molecule has 0 heterocycles. The quantitative estimate of drug-likeness (QED) is 0.0729. The molecule has 2 aliphatic rings. The van der Waals surface area contributed by atoms with Crippen LogP contribution < -0.4 is 8.24 Å². The average molecular weight is 953 g/mol. The third kappa shape index (κ3) is 4.96. The van der Waals surface area contributed by atoms with E-state index < -0.39 is 207 Å². The predicted octanol–water partition coefficient (Wildman–Crippen LogP) is 10.9. The fourth-order valence-electron chi connectivity index (χ4n) is 7.16. The summed E-state index contributed by atoms with van der Waals surface area (Å²) in [6.45, 7) is 0. The van der Waals surface area contributed by atoms with Gasteiger partial charge in [-0.05, 0) is 0 Å². The number of alkyl halides is 3. The van der Waals surface area contributed by atoms with Crippen LogP contribution in [-0.2, 0) is 10.1 Å². The summed E-state index contributed by atoms with van der Waals surface area (Å²) in [5.74, 6) is -82.2. The van der Waals surface area contributed by atoms with E-state index >= 15 is 74.6 Å². The van der Waals surface area contributed by atoms with Crippen molar-refractivity contribution in [2.75, 3.05) is 0 Å². The summed E-state index contributed by atoms with van der Waals surface area (Å²) in [7, 11) is 0. The molecule has 314 valence electrons. The Hall–Kier alpha value is -5.27. The first kappa shape index (κ1) is 42.8. The van der Waals surface area contributed by atoms with Crippen molar-refractivity contribution in [1.29, 1.82) is 0 Å². The summed E-state index contributed by atoms with van der Waals surface area (Å²) in [6.07, 6.45) is 0. The standard InChI is InChI=1S/C13F9.C12F9.C9F7.Ga/c14-3-1-2-4(8(16)7(3)15)5-6(13(2,21)22)10(18)12(20)11(19)9(5)17;13-3-1-2(5(14)9(18)6(3)15)4-7(16)10(19)12(21)11(20)8(4)17;10-3-1-2(4(11)7(3)14)6(13)9(16)8(15)5(1)12;. The molecule has 0 aromatic heterocycles. The molecular weight excluding hydrogens is 953 g/mol. The van der Waals surface area contributed by atoms with Gasteiger partial charge in [0.05, 0.1) is 0 Å².